The molecule has 3 aromatic carbocycles. The van der Waals surface area contributed by atoms with Gasteiger partial charge in [0, 0.05) is 11.3 Å². The number of aromatic nitrogens is 2. The molecule has 0 radical (unpaired) electrons. The van der Waals surface area contributed by atoms with E-state index in [9.17, 15) is 9.90 Å². The van der Waals surface area contributed by atoms with Crippen LogP contribution in [0.25, 0.3) is 23.4 Å². The van der Waals surface area contributed by atoms with Crippen molar-refractivity contribution in [2.45, 2.75) is 19.3 Å². The average Bonchev–Trinajstić information content (AvgIpc) is 2.84. The van der Waals surface area contributed by atoms with Gasteiger partial charge in [-0.25, -0.2) is 9.97 Å². The van der Waals surface area contributed by atoms with Gasteiger partial charge in [0.05, 0.1) is 17.8 Å². The molecule has 6 heteroatoms. The lowest BCUT2D eigenvalue weighted by Crippen LogP contribution is -2.19. The second-order valence-corrected chi connectivity index (χ2v) is 8.30. The van der Waals surface area contributed by atoms with Crippen LogP contribution in [0.15, 0.2) is 72.8 Å². The van der Waals surface area contributed by atoms with Gasteiger partial charge < -0.3 is 16.2 Å². The molecule has 5 rings (SSSR count). The maximum absolute atomic E-state index is 12.8. The van der Waals surface area contributed by atoms with E-state index >= 15 is 0 Å². The number of carbonyl (C=O) groups is 1. The van der Waals surface area contributed by atoms with Crippen LogP contribution in [0.1, 0.15) is 28.1 Å². The smallest absolute Gasteiger partial charge is 0.230 e. The third-order valence-corrected chi connectivity index (χ3v) is 5.80. The molecule has 1 heterocycles. The van der Waals surface area contributed by atoms with Crippen molar-refractivity contribution < 1.29 is 9.90 Å². The highest BCUT2D eigenvalue weighted by atomic mass is 16.3. The number of phenols is 1. The van der Waals surface area contributed by atoms with Gasteiger partial charge in [-0.2, -0.15) is 0 Å². The first-order valence-electron chi connectivity index (χ1n) is 11.2. The van der Waals surface area contributed by atoms with E-state index in [4.69, 9.17) is 15.7 Å². The van der Waals surface area contributed by atoms with Crippen LogP contribution in [0.4, 0.5) is 11.5 Å². The van der Waals surface area contributed by atoms with E-state index in [0.717, 1.165) is 52.2 Å². The van der Waals surface area contributed by atoms with Crippen LogP contribution in [0, 0.1) is 0 Å². The van der Waals surface area contributed by atoms with Crippen LogP contribution < -0.4 is 11.1 Å². The van der Waals surface area contributed by atoms with Crippen LogP contribution in [0.2, 0.25) is 0 Å². The van der Waals surface area contributed by atoms with Crippen LogP contribution in [0.5, 0.6) is 5.75 Å². The number of phenolic OH excluding ortho intramolecular Hbond substituents is 1. The maximum atomic E-state index is 12.8. The average molecular weight is 449 g/mol. The Kier molecular flexibility index (Phi) is 5.79. The molecule has 1 amide bonds. The molecule has 168 valence electrons. The zero-order valence-electron chi connectivity index (χ0n) is 18.5. The first-order chi connectivity index (χ1) is 16.5. The molecule has 0 saturated carbocycles. The highest BCUT2D eigenvalue weighted by Crippen LogP contribution is 2.34. The molecular formula is C28H24N4O2. The molecule has 34 heavy (non-hydrogen) atoms. The molecule has 0 saturated heterocycles. The van der Waals surface area contributed by atoms with Gasteiger partial charge in [-0.05, 0) is 59.9 Å². The topological polar surface area (TPSA) is 101 Å². The summed E-state index contributed by atoms with van der Waals surface area (Å²) >= 11 is 0. The second kappa shape index (κ2) is 9.19. The molecule has 1 aromatic heterocycles. The molecule has 4 aromatic rings. The summed E-state index contributed by atoms with van der Waals surface area (Å²) in [5, 5.41) is 12.4. The quantitative estimate of drug-likeness (QED) is 0.378. The number of aromatic hydroxyl groups is 1. The van der Waals surface area contributed by atoms with Gasteiger partial charge in [0.15, 0.2) is 5.82 Å². The molecular weight excluding hydrogens is 424 g/mol. The Morgan fingerprint density at radius 2 is 1.76 bits per heavy atom. The Balaban J connectivity index is 1.50. The number of rotatable bonds is 5. The van der Waals surface area contributed by atoms with Crippen molar-refractivity contribution >= 4 is 29.6 Å². The molecule has 0 atom stereocenters. The fraction of sp³-hybridized carbons (Fsp3) is 0.107. The van der Waals surface area contributed by atoms with E-state index in [2.05, 4.69) is 5.32 Å². The normalized spacial score (nSPS) is 12.2. The van der Waals surface area contributed by atoms with Crippen molar-refractivity contribution in [3.63, 3.8) is 0 Å². The number of fused-ring (bicyclic) bond motifs is 3. The monoisotopic (exact) mass is 448 g/mol. The van der Waals surface area contributed by atoms with Crippen molar-refractivity contribution in [3.05, 3.63) is 101 Å². The molecule has 6 nitrogen and oxygen atoms in total. The van der Waals surface area contributed by atoms with Gasteiger partial charge in [0.2, 0.25) is 5.91 Å². The Morgan fingerprint density at radius 1 is 0.971 bits per heavy atom. The number of hydrogen-bond acceptors (Lipinski definition) is 5. The van der Waals surface area contributed by atoms with E-state index in [-0.39, 0.29) is 18.1 Å². The number of amides is 1. The van der Waals surface area contributed by atoms with Crippen LogP contribution in [-0.4, -0.2) is 21.0 Å². The Hall–Kier alpha value is -4.45. The largest absolute Gasteiger partial charge is 0.508 e. The molecule has 0 fully saturated rings. The lowest BCUT2D eigenvalue weighted by molar-refractivity contribution is -0.115. The molecule has 0 bridgehead atoms. The number of nitrogens with zero attached hydrogens (tertiary/aromatic N) is 2. The fourth-order valence-electron chi connectivity index (χ4n) is 4.10. The van der Waals surface area contributed by atoms with E-state index in [1.165, 1.54) is 0 Å². The molecule has 1 aliphatic carbocycles. The highest BCUT2D eigenvalue weighted by molar-refractivity contribution is 5.94. The van der Waals surface area contributed by atoms with Gasteiger partial charge >= 0.3 is 0 Å². The van der Waals surface area contributed by atoms with Crippen LogP contribution in [0.3, 0.4) is 0 Å². The van der Waals surface area contributed by atoms with E-state index in [1.54, 1.807) is 24.3 Å². The van der Waals surface area contributed by atoms with Crippen LogP contribution >= 0.6 is 0 Å². The summed E-state index contributed by atoms with van der Waals surface area (Å²) in [6, 6.07) is 22.4. The number of nitrogens with two attached hydrogens (primary N) is 1. The third kappa shape index (κ3) is 4.66. The zero-order valence-corrected chi connectivity index (χ0v) is 18.5. The number of nitrogen functional groups attached to an aromatic ring is 1. The summed E-state index contributed by atoms with van der Waals surface area (Å²) in [6.07, 6.45) is 5.55. The van der Waals surface area contributed by atoms with Crippen LogP contribution in [-0.2, 0) is 24.1 Å². The van der Waals surface area contributed by atoms with E-state index < -0.39 is 0 Å². The SMILES string of the molecule is Nc1ccc2c(c1)CCc1nc(NC(=O)Cc3ccc(O)cc3)c(C=Cc3ccccc3)nc1-2. The summed E-state index contributed by atoms with van der Waals surface area (Å²) in [7, 11) is 0. The van der Waals surface area contributed by atoms with Crippen molar-refractivity contribution in [1.29, 1.82) is 0 Å². The zero-order chi connectivity index (χ0) is 23.5. The minimum absolute atomic E-state index is 0.167. The minimum atomic E-state index is -0.196. The summed E-state index contributed by atoms with van der Waals surface area (Å²) in [6.45, 7) is 0. The van der Waals surface area contributed by atoms with Gasteiger partial charge in [0.1, 0.15) is 11.4 Å². The third-order valence-electron chi connectivity index (χ3n) is 5.80. The number of anilines is 2. The van der Waals surface area contributed by atoms with Gasteiger partial charge in [-0.3, -0.25) is 4.79 Å². The second-order valence-electron chi connectivity index (χ2n) is 8.30. The number of carbonyl (C=O) groups excluding carboxylic acids is 1. The van der Waals surface area contributed by atoms with Gasteiger partial charge in [-0.15, -0.1) is 0 Å². The van der Waals surface area contributed by atoms with Crippen molar-refractivity contribution in [2.75, 3.05) is 11.1 Å². The standard InChI is InChI=1S/C28H24N4O2/c29-21-10-13-23-20(17-21)9-15-24-27(23)30-25(14-8-18-4-2-1-3-5-18)28(31-24)32-26(34)16-19-6-11-22(33)12-7-19/h1-8,10-14,17,33H,9,15-16,29H2,(H,31,32,34). The highest BCUT2D eigenvalue weighted by Gasteiger charge is 2.22. The predicted molar refractivity (Wildman–Crippen MR) is 135 cm³/mol. The Bertz CT molecular complexity index is 1380. The fourth-order valence-corrected chi connectivity index (χ4v) is 4.10. The number of aryl methyl sites for hydroxylation is 2. The molecule has 0 unspecified atom stereocenters. The molecule has 4 N–H and O–H groups in total. The first-order valence-corrected chi connectivity index (χ1v) is 11.2. The Morgan fingerprint density at radius 3 is 2.56 bits per heavy atom. The number of nitrogens with one attached hydrogen (secondary N) is 1. The summed E-state index contributed by atoms with van der Waals surface area (Å²) in [5.74, 6) is 0.409. The minimum Gasteiger partial charge on any atom is -0.508 e. The first kappa shape index (κ1) is 21.4. The molecule has 0 aliphatic heterocycles. The summed E-state index contributed by atoms with van der Waals surface area (Å²) in [4.78, 5) is 22.6. The Labute approximate surface area is 197 Å². The van der Waals surface area contributed by atoms with Crippen molar-refractivity contribution in [1.82, 2.24) is 9.97 Å². The number of hydrogen-bond donors (Lipinski definition) is 3. The van der Waals surface area contributed by atoms with Gasteiger partial charge in [0.25, 0.3) is 0 Å². The molecule has 0 spiro atoms. The predicted octanol–water partition coefficient (Wildman–Crippen LogP) is 4.88. The lowest BCUT2D eigenvalue weighted by atomic mass is 9.91. The number of benzene rings is 3. The summed E-state index contributed by atoms with van der Waals surface area (Å²) in [5.41, 5.74) is 13.0. The van der Waals surface area contributed by atoms with Crippen molar-refractivity contribution in [3.8, 4) is 17.0 Å². The summed E-state index contributed by atoms with van der Waals surface area (Å²) < 4.78 is 0. The van der Waals surface area contributed by atoms with Crippen molar-refractivity contribution in [2.24, 2.45) is 0 Å². The van der Waals surface area contributed by atoms with E-state index in [1.807, 2.05) is 60.7 Å². The lowest BCUT2D eigenvalue weighted by Gasteiger charge is -2.20. The molecule has 1 aliphatic rings. The van der Waals surface area contributed by atoms with Gasteiger partial charge in [-0.1, -0.05) is 54.6 Å². The van der Waals surface area contributed by atoms with E-state index in [0.29, 0.717) is 11.5 Å². The maximum Gasteiger partial charge on any atom is 0.230 e.